The average molecular weight is 416 g/mol. The van der Waals surface area contributed by atoms with Crippen LogP contribution in [-0.2, 0) is 11.2 Å². The summed E-state index contributed by atoms with van der Waals surface area (Å²) in [5.74, 6) is 1.04. The molecule has 3 N–H and O–H groups in total. The van der Waals surface area contributed by atoms with Crippen LogP contribution in [0.25, 0.3) is 0 Å². The molecule has 3 atom stereocenters. The number of carbonyl (C=O) groups is 2. The molecule has 0 spiro atoms. The quantitative estimate of drug-likeness (QED) is 0.450. The lowest BCUT2D eigenvalue weighted by Crippen LogP contribution is -2.36. The fourth-order valence-corrected chi connectivity index (χ4v) is 5.40. The molecule has 3 rings (SSSR count). The van der Waals surface area contributed by atoms with Crippen LogP contribution >= 0.6 is 35.0 Å². The van der Waals surface area contributed by atoms with Gasteiger partial charge in [-0.3, -0.25) is 4.79 Å². The number of nitrogens with one attached hydrogen (secondary N) is 3. The number of benzene rings is 1. The first-order valence-electron chi connectivity index (χ1n) is 8.93. The summed E-state index contributed by atoms with van der Waals surface area (Å²) >= 11 is 14.0. The molecule has 0 aliphatic carbocycles. The Morgan fingerprint density at radius 1 is 1.27 bits per heavy atom. The van der Waals surface area contributed by atoms with Crippen molar-refractivity contribution in [2.75, 3.05) is 12.3 Å². The Balaban J connectivity index is 1.29. The summed E-state index contributed by atoms with van der Waals surface area (Å²) in [6.45, 7) is 0.554. The van der Waals surface area contributed by atoms with Crippen molar-refractivity contribution < 1.29 is 9.59 Å². The fraction of sp³-hybridized carbons (Fsp3) is 0.556. The van der Waals surface area contributed by atoms with Crippen LogP contribution < -0.4 is 16.0 Å². The Morgan fingerprint density at radius 3 is 2.96 bits per heavy atom. The molecule has 0 bridgehead atoms. The highest BCUT2D eigenvalue weighted by Crippen LogP contribution is 2.33. The van der Waals surface area contributed by atoms with E-state index in [4.69, 9.17) is 23.2 Å². The van der Waals surface area contributed by atoms with Gasteiger partial charge in [0.1, 0.15) is 0 Å². The number of unbranched alkanes of at least 4 members (excludes halogenated alkanes) is 1. The Labute approximate surface area is 168 Å². The maximum atomic E-state index is 12.0. The number of urea groups is 1. The van der Waals surface area contributed by atoms with E-state index >= 15 is 0 Å². The predicted molar refractivity (Wildman–Crippen MR) is 107 cm³/mol. The third-order valence-electron chi connectivity index (χ3n) is 4.83. The lowest BCUT2D eigenvalue weighted by Gasteiger charge is -2.16. The number of hydrogen-bond acceptors (Lipinski definition) is 3. The van der Waals surface area contributed by atoms with E-state index in [0.717, 1.165) is 30.6 Å². The standard InChI is InChI=1S/C18H23Cl2N3O2S/c19-12-5-3-4-11(16(12)20)8-9-21-15(24)7-2-1-6-14-17-13(10-26-14)22-18(25)23-17/h3-5,13-14,17H,1-2,6-10H2,(H,21,24)(H2,22,23,25)/t13-,14-,17-/m0/s1. The summed E-state index contributed by atoms with van der Waals surface area (Å²) < 4.78 is 0. The van der Waals surface area contributed by atoms with Crippen LogP contribution in [0.15, 0.2) is 18.2 Å². The van der Waals surface area contributed by atoms with Crippen molar-refractivity contribution in [3.05, 3.63) is 33.8 Å². The maximum Gasteiger partial charge on any atom is 0.315 e. The maximum absolute atomic E-state index is 12.0. The smallest absolute Gasteiger partial charge is 0.315 e. The van der Waals surface area contributed by atoms with Gasteiger partial charge >= 0.3 is 6.03 Å². The molecule has 1 aromatic carbocycles. The first kappa shape index (κ1) is 19.6. The molecule has 142 valence electrons. The molecular weight excluding hydrogens is 393 g/mol. The molecule has 0 radical (unpaired) electrons. The van der Waals surface area contributed by atoms with Gasteiger partial charge < -0.3 is 16.0 Å². The van der Waals surface area contributed by atoms with Gasteiger partial charge in [-0.05, 0) is 30.9 Å². The highest BCUT2D eigenvalue weighted by molar-refractivity contribution is 8.00. The SMILES string of the molecule is O=C(CCCC[C@@H]1SC[C@@H]2NC(=O)N[C@@H]21)NCCc1cccc(Cl)c1Cl. The number of halogens is 2. The van der Waals surface area contributed by atoms with E-state index in [-0.39, 0.29) is 24.0 Å². The molecule has 2 heterocycles. The zero-order valence-electron chi connectivity index (χ0n) is 14.4. The summed E-state index contributed by atoms with van der Waals surface area (Å²) in [5.41, 5.74) is 0.944. The van der Waals surface area contributed by atoms with Crippen molar-refractivity contribution in [1.82, 2.24) is 16.0 Å². The number of thioether (sulfide) groups is 1. The largest absolute Gasteiger partial charge is 0.356 e. The fourth-order valence-electron chi connectivity index (χ4n) is 3.44. The molecular formula is C18H23Cl2N3O2S. The molecule has 2 aliphatic heterocycles. The van der Waals surface area contributed by atoms with Gasteiger partial charge in [0.05, 0.1) is 22.1 Å². The van der Waals surface area contributed by atoms with E-state index in [0.29, 0.717) is 34.7 Å². The van der Waals surface area contributed by atoms with E-state index in [1.807, 2.05) is 23.9 Å². The summed E-state index contributed by atoms with van der Waals surface area (Å²) in [5, 5.41) is 10.4. The van der Waals surface area contributed by atoms with Gasteiger partial charge in [0.15, 0.2) is 0 Å². The van der Waals surface area contributed by atoms with Crippen molar-refractivity contribution in [2.45, 2.75) is 49.4 Å². The van der Waals surface area contributed by atoms with Crippen molar-refractivity contribution in [1.29, 1.82) is 0 Å². The lowest BCUT2D eigenvalue weighted by atomic mass is 10.0. The Morgan fingerprint density at radius 2 is 2.12 bits per heavy atom. The molecule has 0 aromatic heterocycles. The summed E-state index contributed by atoms with van der Waals surface area (Å²) in [6, 6.07) is 5.99. The third-order valence-corrected chi connectivity index (χ3v) is 7.20. The van der Waals surface area contributed by atoms with Crippen LogP contribution in [0.5, 0.6) is 0 Å². The summed E-state index contributed by atoms with van der Waals surface area (Å²) in [4.78, 5) is 23.3. The Bertz CT molecular complexity index is 674. The van der Waals surface area contributed by atoms with Crippen LogP contribution in [0.2, 0.25) is 10.0 Å². The molecule has 1 aromatic rings. The van der Waals surface area contributed by atoms with E-state index < -0.39 is 0 Å². The second-order valence-corrected chi connectivity index (χ2v) is 8.74. The van der Waals surface area contributed by atoms with Crippen LogP contribution in [0, 0.1) is 0 Å². The van der Waals surface area contributed by atoms with Crippen LogP contribution in [-0.4, -0.2) is 41.6 Å². The van der Waals surface area contributed by atoms with Gasteiger partial charge in [0, 0.05) is 24.0 Å². The highest BCUT2D eigenvalue weighted by atomic mass is 35.5. The monoisotopic (exact) mass is 415 g/mol. The van der Waals surface area contributed by atoms with Gasteiger partial charge in [-0.1, -0.05) is 41.8 Å². The predicted octanol–water partition coefficient (Wildman–Crippen LogP) is 3.38. The number of rotatable bonds is 8. The van der Waals surface area contributed by atoms with E-state index in [1.165, 1.54) is 0 Å². The number of amides is 3. The summed E-state index contributed by atoms with van der Waals surface area (Å²) in [6.07, 6.45) is 4.07. The molecule has 2 aliphatic rings. The minimum Gasteiger partial charge on any atom is -0.356 e. The zero-order valence-corrected chi connectivity index (χ0v) is 16.7. The van der Waals surface area contributed by atoms with Crippen molar-refractivity contribution in [3.63, 3.8) is 0 Å². The van der Waals surface area contributed by atoms with Gasteiger partial charge in [-0.15, -0.1) is 0 Å². The first-order chi connectivity index (χ1) is 12.5. The van der Waals surface area contributed by atoms with Gasteiger partial charge in [0.25, 0.3) is 0 Å². The molecule has 3 amide bonds. The minimum absolute atomic E-state index is 0.0514. The Hall–Kier alpha value is -1.11. The Kier molecular flexibility index (Phi) is 6.95. The third kappa shape index (κ3) is 4.99. The molecule has 0 unspecified atom stereocenters. The van der Waals surface area contributed by atoms with E-state index in [9.17, 15) is 9.59 Å². The first-order valence-corrected chi connectivity index (χ1v) is 10.7. The molecule has 2 saturated heterocycles. The van der Waals surface area contributed by atoms with Crippen LogP contribution in [0.3, 0.4) is 0 Å². The minimum atomic E-state index is -0.0514. The summed E-state index contributed by atoms with van der Waals surface area (Å²) in [7, 11) is 0. The van der Waals surface area contributed by atoms with Crippen LogP contribution in [0.1, 0.15) is 31.2 Å². The topological polar surface area (TPSA) is 70.2 Å². The molecule has 8 heteroatoms. The van der Waals surface area contributed by atoms with E-state index in [1.54, 1.807) is 6.07 Å². The molecule has 0 saturated carbocycles. The zero-order chi connectivity index (χ0) is 18.5. The second kappa shape index (κ2) is 9.20. The molecule has 2 fully saturated rings. The number of hydrogen-bond donors (Lipinski definition) is 3. The highest BCUT2D eigenvalue weighted by Gasteiger charge is 2.42. The second-order valence-electron chi connectivity index (χ2n) is 6.68. The van der Waals surface area contributed by atoms with E-state index in [2.05, 4.69) is 16.0 Å². The average Bonchev–Trinajstić information content (AvgIpc) is 3.15. The van der Waals surface area contributed by atoms with Crippen molar-refractivity contribution in [2.24, 2.45) is 0 Å². The number of fused-ring (bicyclic) bond motifs is 1. The molecule has 5 nitrogen and oxygen atoms in total. The number of carbonyl (C=O) groups excluding carboxylic acids is 2. The normalized spacial score (nSPS) is 24.1. The molecule has 26 heavy (non-hydrogen) atoms. The van der Waals surface area contributed by atoms with Gasteiger partial charge in [-0.2, -0.15) is 11.8 Å². The van der Waals surface area contributed by atoms with Gasteiger partial charge in [-0.25, -0.2) is 4.79 Å². The van der Waals surface area contributed by atoms with Gasteiger partial charge in [0.2, 0.25) is 5.91 Å². The van der Waals surface area contributed by atoms with Crippen molar-refractivity contribution >= 4 is 46.9 Å². The lowest BCUT2D eigenvalue weighted by molar-refractivity contribution is -0.121. The van der Waals surface area contributed by atoms with Crippen LogP contribution in [0.4, 0.5) is 4.79 Å². The van der Waals surface area contributed by atoms with Crippen molar-refractivity contribution in [3.8, 4) is 0 Å².